The topological polar surface area (TPSA) is 58.5 Å². The maximum absolute atomic E-state index is 13.0. The second kappa shape index (κ2) is 11.4. The minimum atomic E-state index is -0.304. The molecule has 7 heteroatoms. The second-order valence-electron chi connectivity index (χ2n) is 6.26. The molecule has 3 aromatic rings. The number of rotatable bonds is 6. The van der Waals surface area contributed by atoms with Gasteiger partial charge in [0.1, 0.15) is 11.6 Å². The van der Waals surface area contributed by atoms with Crippen molar-refractivity contribution in [3.05, 3.63) is 89.9 Å². The van der Waals surface area contributed by atoms with E-state index in [1.54, 1.807) is 25.4 Å². The number of aliphatic imine (C=N–C) groups is 1. The van der Waals surface area contributed by atoms with Gasteiger partial charge in [-0.2, -0.15) is 0 Å². The van der Waals surface area contributed by atoms with Crippen LogP contribution in [0.2, 0.25) is 0 Å². The Hall–Kier alpha value is -2.68. The lowest BCUT2D eigenvalue weighted by molar-refractivity contribution is 0.460. The molecule has 1 aromatic heterocycles. The molecule has 1 unspecified atom stereocenters. The van der Waals surface area contributed by atoms with Crippen LogP contribution >= 0.6 is 24.0 Å². The molecule has 0 aliphatic rings. The Morgan fingerprint density at radius 3 is 2.52 bits per heavy atom. The number of nitrogens with zero attached hydrogens (tertiary/aromatic N) is 2. The fourth-order valence-electron chi connectivity index (χ4n) is 2.65. The van der Waals surface area contributed by atoms with Crippen molar-refractivity contribution in [1.82, 2.24) is 15.6 Å². The zero-order valence-electron chi connectivity index (χ0n) is 16.3. The van der Waals surface area contributed by atoms with Crippen molar-refractivity contribution in [3.8, 4) is 11.6 Å². The second-order valence-corrected chi connectivity index (χ2v) is 6.26. The molecule has 0 saturated heterocycles. The van der Waals surface area contributed by atoms with Crippen molar-refractivity contribution in [2.75, 3.05) is 7.05 Å². The average Bonchev–Trinajstić information content (AvgIpc) is 2.73. The van der Waals surface area contributed by atoms with Gasteiger partial charge in [-0.15, -0.1) is 24.0 Å². The van der Waals surface area contributed by atoms with E-state index in [9.17, 15) is 4.39 Å². The highest BCUT2D eigenvalue weighted by Crippen LogP contribution is 2.20. The third-order valence-electron chi connectivity index (χ3n) is 4.17. The lowest BCUT2D eigenvalue weighted by Gasteiger charge is -2.18. The summed E-state index contributed by atoms with van der Waals surface area (Å²) in [5.74, 6) is 1.38. The molecule has 0 aliphatic carbocycles. The largest absolute Gasteiger partial charge is 0.439 e. The Kier molecular flexibility index (Phi) is 8.85. The Bertz CT molecular complexity index is 920. The smallest absolute Gasteiger partial charge is 0.219 e. The molecule has 152 valence electrons. The highest BCUT2D eigenvalue weighted by atomic mass is 127. The summed E-state index contributed by atoms with van der Waals surface area (Å²) in [4.78, 5) is 8.48. The van der Waals surface area contributed by atoms with Crippen LogP contribution in [0.5, 0.6) is 11.6 Å². The molecule has 0 amide bonds. The molecule has 2 N–H and O–H groups in total. The van der Waals surface area contributed by atoms with E-state index in [0.29, 0.717) is 24.1 Å². The van der Waals surface area contributed by atoms with Gasteiger partial charge >= 0.3 is 0 Å². The third-order valence-corrected chi connectivity index (χ3v) is 4.17. The van der Waals surface area contributed by atoms with Crippen LogP contribution in [0.15, 0.2) is 77.9 Å². The first-order chi connectivity index (χ1) is 13.6. The number of ether oxygens (including phenoxy) is 1. The van der Waals surface area contributed by atoms with E-state index in [2.05, 4.69) is 39.7 Å². The fourth-order valence-corrected chi connectivity index (χ4v) is 2.65. The first-order valence-electron chi connectivity index (χ1n) is 9.04. The number of aromatic nitrogens is 1. The number of hydrogen-bond acceptors (Lipinski definition) is 3. The fraction of sp³-hybridized carbons (Fsp3) is 0.182. The molecule has 1 atom stereocenters. The van der Waals surface area contributed by atoms with Gasteiger partial charge in [-0.1, -0.05) is 30.3 Å². The molecular formula is C22H24FIN4O. The number of pyridine rings is 1. The predicted molar refractivity (Wildman–Crippen MR) is 124 cm³/mol. The van der Waals surface area contributed by atoms with Gasteiger partial charge in [0.25, 0.3) is 0 Å². The van der Waals surface area contributed by atoms with Gasteiger partial charge in [0.15, 0.2) is 5.96 Å². The number of benzene rings is 2. The molecule has 3 rings (SSSR count). The predicted octanol–water partition coefficient (Wildman–Crippen LogP) is 5.06. The Morgan fingerprint density at radius 2 is 1.83 bits per heavy atom. The van der Waals surface area contributed by atoms with Gasteiger partial charge in [-0.25, -0.2) is 9.37 Å². The molecule has 0 fully saturated rings. The van der Waals surface area contributed by atoms with Gasteiger partial charge in [0.05, 0.1) is 6.04 Å². The van der Waals surface area contributed by atoms with Crippen LogP contribution in [0.1, 0.15) is 24.1 Å². The Morgan fingerprint density at radius 1 is 1.10 bits per heavy atom. The van der Waals surface area contributed by atoms with Gasteiger partial charge in [-0.05, 0) is 48.4 Å². The van der Waals surface area contributed by atoms with Crippen LogP contribution in [0.3, 0.4) is 0 Å². The first kappa shape index (κ1) is 22.6. The van der Waals surface area contributed by atoms with E-state index in [-0.39, 0.29) is 35.8 Å². The summed E-state index contributed by atoms with van der Waals surface area (Å²) < 4.78 is 18.7. The molecule has 29 heavy (non-hydrogen) atoms. The highest BCUT2D eigenvalue weighted by Gasteiger charge is 2.08. The number of hydrogen-bond donors (Lipinski definition) is 2. The van der Waals surface area contributed by atoms with Crippen LogP contribution in [0.25, 0.3) is 0 Å². The van der Waals surface area contributed by atoms with Crippen molar-refractivity contribution in [1.29, 1.82) is 0 Å². The van der Waals surface area contributed by atoms with Crippen LogP contribution in [-0.4, -0.2) is 18.0 Å². The zero-order chi connectivity index (χ0) is 19.8. The van der Waals surface area contributed by atoms with Crippen molar-refractivity contribution in [2.24, 2.45) is 4.99 Å². The van der Waals surface area contributed by atoms with Gasteiger partial charge in [0.2, 0.25) is 5.88 Å². The number of nitrogens with one attached hydrogen (secondary N) is 2. The van der Waals surface area contributed by atoms with Crippen LogP contribution in [0.4, 0.5) is 4.39 Å². The van der Waals surface area contributed by atoms with Crippen molar-refractivity contribution < 1.29 is 9.13 Å². The molecule has 5 nitrogen and oxygen atoms in total. The summed E-state index contributed by atoms with van der Waals surface area (Å²) in [7, 11) is 1.74. The summed E-state index contributed by atoms with van der Waals surface area (Å²) in [6.07, 6.45) is 1.68. The van der Waals surface area contributed by atoms with Crippen LogP contribution in [0, 0.1) is 5.82 Å². The van der Waals surface area contributed by atoms with Crippen LogP contribution in [-0.2, 0) is 6.54 Å². The van der Waals surface area contributed by atoms with E-state index in [0.717, 1.165) is 5.56 Å². The first-order valence-corrected chi connectivity index (χ1v) is 9.04. The summed E-state index contributed by atoms with van der Waals surface area (Å²) in [6, 6.07) is 19.9. The normalized spacial score (nSPS) is 11.9. The monoisotopic (exact) mass is 506 g/mol. The van der Waals surface area contributed by atoms with Crippen molar-refractivity contribution in [2.45, 2.75) is 19.5 Å². The Labute approximate surface area is 187 Å². The summed E-state index contributed by atoms with van der Waals surface area (Å²) in [5.41, 5.74) is 2.17. The number of guanidine groups is 1. The lowest BCUT2D eigenvalue weighted by atomic mass is 10.1. The van der Waals surface area contributed by atoms with Crippen LogP contribution < -0.4 is 15.4 Å². The van der Waals surface area contributed by atoms with Gasteiger partial charge < -0.3 is 15.4 Å². The molecule has 0 bridgehead atoms. The van der Waals surface area contributed by atoms with E-state index < -0.39 is 0 Å². The van der Waals surface area contributed by atoms with Gasteiger partial charge in [-0.3, -0.25) is 4.99 Å². The standard InChI is InChI=1S/C22H23FN4O.HI/c1-16(18-6-4-3-5-7-18)27-22(24-2)26-15-17-12-13-25-21(14-17)28-20-10-8-19(23)9-11-20;/h3-14,16H,15H2,1-2H3,(H2,24,26,27);1H. The van der Waals surface area contributed by atoms with E-state index in [1.807, 2.05) is 30.3 Å². The minimum absolute atomic E-state index is 0. The van der Waals surface area contributed by atoms with E-state index >= 15 is 0 Å². The molecule has 0 radical (unpaired) electrons. The third kappa shape index (κ3) is 7.01. The summed E-state index contributed by atoms with van der Waals surface area (Å²) in [6.45, 7) is 2.65. The van der Waals surface area contributed by atoms with Crippen molar-refractivity contribution in [3.63, 3.8) is 0 Å². The van der Waals surface area contributed by atoms with Crippen molar-refractivity contribution >= 4 is 29.9 Å². The maximum Gasteiger partial charge on any atom is 0.219 e. The minimum Gasteiger partial charge on any atom is -0.439 e. The van der Waals surface area contributed by atoms with E-state index in [4.69, 9.17) is 4.74 Å². The quantitative estimate of drug-likeness (QED) is 0.279. The molecule has 0 saturated carbocycles. The molecule has 0 spiro atoms. The highest BCUT2D eigenvalue weighted by molar-refractivity contribution is 14.0. The van der Waals surface area contributed by atoms with Gasteiger partial charge in [0, 0.05) is 25.9 Å². The molecule has 2 aromatic carbocycles. The average molecular weight is 506 g/mol. The summed E-state index contributed by atoms with van der Waals surface area (Å²) in [5, 5.41) is 6.66. The summed E-state index contributed by atoms with van der Waals surface area (Å²) >= 11 is 0. The molecule has 0 aliphatic heterocycles. The Balaban J connectivity index is 0.00000300. The zero-order valence-corrected chi connectivity index (χ0v) is 18.6. The lowest BCUT2D eigenvalue weighted by Crippen LogP contribution is -2.38. The number of halogens is 2. The SMILES string of the molecule is CN=C(NCc1ccnc(Oc2ccc(F)cc2)c1)NC(C)c1ccccc1.I. The maximum atomic E-state index is 13.0. The molecule has 1 heterocycles. The van der Waals surface area contributed by atoms with E-state index in [1.165, 1.54) is 17.7 Å². The molecular weight excluding hydrogens is 482 g/mol.